The smallest absolute Gasteiger partial charge is 0.116 e. The average Bonchev–Trinajstić information content (AvgIpc) is 2.16. The van der Waals surface area contributed by atoms with Gasteiger partial charge in [0.05, 0.1) is 27.7 Å². The molecule has 3 nitrogen and oxygen atoms in total. The van der Waals surface area contributed by atoms with Crippen molar-refractivity contribution in [3.8, 4) is 5.75 Å². The summed E-state index contributed by atoms with van der Waals surface area (Å²) in [5, 5.41) is 9.36. The van der Waals surface area contributed by atoms with Crippen molar-refractivity contribution in [2.24, 2.45) is 0 Å². The Balaban J connectivity index is 2.40. The van der Waals surface area contributed by atoms with Gasteiger partial charge in [-0.25, -0.2) is 0 Å². The number of rotatable bonds is 5. The fourth-order valence-corrected chi connectivity index (χ4v) is 1.71. The zero-order chi connectivity index (χ0) is 12.2. The van der Waals surface area contributed by atoms with E-state index in [4.69, 9.17) is 5.73 Å². The zero-order valence-electron chi connectivity index (χ0n) is 10.5. The Morgan fingerprint density at radius 1 is 1.19 bits per heavy atom. The van der Waals surface area contributed by atoms with Crippen molar-refractivity contribution in [2.45, 2.75) is 19.3 Å². The minimum Gasteiger partial charge on any atom is -0.508 e. The van der Waals surface area contributed by atoms with E-state index in [1.807, 2.05) is 0 Å². The number of hydrogen-bond acceptors (Lipinski definition) is 2. The van der Waals surface area contributed by atoms with Gasteiger partial charge in [-0.2, -0.15) is 0 Å². The molecule has 0 unspecified atom stereocenters. The minimum atomic E-state index is 0.302. The lowest BCUT2D eigenvalue weighted by molar-refractivity contribution is -0.870. The fourth-order valence-electron chi connectivity index (χ4n) is 1.71. The molecule has 1 aromatic rings. The van der Waals surface area contributed by atoms with Gasteiger partial charge in [-0.15, -0.1) is 0 Å². The second-order valence-electron chi connectivity index (χ2n) is 5.35. The number of hydrogen-bond donors (Lipinski definition) is 2. The largest absolute Gasteiger partial charge is 0.508 e. The van der Waals surface area contributed by atoms with Crippen molar-refractivity contribution >= 4 is 5.69 Å². The van der Waals surface area contributed by atoms with Crippen molar-refractivity contribution in [3.63, 3.8) is 0 Å². The molecule has 0 aliphatic carbocycles. The van der Waals surface area contributed by atoms with Crippen LogP contribution >= 0.6 is 0 Å². The van der Waals surface area contributed by atoms with Gasteiger partial charge < -0.3 is 15.3 Å². The standard InChI is InChI=1S/C13H22N2O/c1-15(2,3)9-5-4-6-11-10-12(16)7-8-13(11)14/h7-8,10H,4-6,9,14H2,1-3H3/p+1. The highest BCUT2D eigenvalue weighted by atomic mass is 16.3. The normalized spacial score (nSPS) is 11.7. The van der Waals surface area contributed by atoms with Crippen LogP contribution in [0.25, 0.3) is 0 Å². The molecule has 0 saturated carbocycles. The Morgan fingerprint density at radius 3 is 2.50 bits per heavy atom. The molecule has 0 amide bonds. The van der Waals surface area contributed by atoms with Gasteiger partial charge in [-0.3, -0.25) is 0 Å². The summed E-state index contributed by atoms with van der Waals surface area (Å²) in [6.45, 7) is 1.17. The van der Waals surface area contributed by atoms with Crippen molar-refractivity contribution < 1.29 is 9.59 Å². The number of aryl methyl sites for hydroxylation is 1. The summed E-state index contributed by atoms with van der Waals surface area (Å²) in [6.07, 6.45) is 3.24. The lowest BCUT2D eigenvalue weighted by Crippen LogP contribution is -2.35. The van der Waals surface area contributed by atoms with Crippen LogP contribution in [0.2, 0.25) is 0 Å². The van der Waals surface area contributed by atoms with Crippen LogP contribution in [-0.2, 0) is 6.42 Å². The van der Waals surface area contributed by atoms with E-state index < -0.39 is 0 Å². The Kier molecular flexibility index (Phi) is 4.19. The molecule has 0 aliphatic heterocycles. The van der Waals surface area contributed by atoms with Crippen LogP contribution in [0.4, 0.5) is 5.69 Å². The molecule has 90 valence electrons. The number of phenols is 1. The highest BCUT2D eigenvalue weighted by Gasteiger charge is 2.06. The number of aromatic hydroxyl groups is 1. The van der Waals surface area contributed by atoms with E-state index in [1.54, 1.807) is 18.2 Å². The highest BCUT2D eigenvalue weighted by Crippen LogP contribution is 2.20. The zero-order valence-corrected chi connectivity index (χ0v) is 10.5. The molecule has 0 saturated heterocycles. The minimum absolute atomic E-state index is 0.302. The molecule has 0 aromatic heterocycles. The van der Waals surface area contributed by atoms with Gasteiger partial charge in [0, 0.05) is 5.69 Å². The third-order valence-corrected chi connectivity index (χ3v) is 2.65. The fraction of sp³-hybridized carbons (Fsp3) is 0.538. The summed E-state index contributed by atoms with van der Waals surface area (Å²) in [4.78, 5) is 0. The molecule has 0 radical (unpaired) electrons. The Labute approximate surface area is 98.1 Å². The van der Waals surface area contributed by atoms with Crippen molar-refractivity contribution in [3.05, 3.63) is 23.8 Å². The van der Waals surface area contributed by atoms with Gasteiger partial charge in [-0.1, -0.05) is 0 Å². The molecule has 0 aliphatic rings. The number of nitrogen functional groups attached to an aromatic ring is 1. The van der Waals surface area contributed by atoms with Crippen LogP contribution in [-0.4, -0.2) is 37.3 Å². The van der Waals surface area contributed by atoms with Crippen LogP contribution in [0.3, 0.4) is 0 Å². The number of unbranched alkanes of at least 4 members (excludes halogenated alkanes) is 1. The SMILES string of the molecule is C[N+](C)(C)CCCCc1cc(O)ccc1N. The van der Waals surface area contributed by atoms with E-state index in [0.29, 0.717) is 5.75 Å². The molecule has 16 heavy (non-hydrogen) atoms. The summed E-state index contributed by atoms with van der Waals surface area (Å²) < 4.78 is 0.996. The van der Waals surface area contributed by atoms with E-state index in [2.05, 4.69) is 21.1 Å². The molecular weight excluding hydrogens is 200 g/mol. The lowest BCUT2D eigenvalue weighted by atomic mass is 10.1. The lowest BCUT2D eigenvalue weighted by Gasteiger charge is -2.23. The summed E-state index contributed by atoms with van der Waals surface area (Å²) in [6, 6.07) is 5.16. The molecule has 1 aromatic carbocycles. The van der Waals surface area contributed by atoms with Crippen LogP contribution in [0, 0.1) is 0 Å². The first kappa shape index (κ1) is 12.8. The summed E-state index contributed by atoms with van der Waals surface area (Å²) in [7, 11) is 6.59. The molecule has 0 bridgehead atoms. The van der Waals surface area contributed by atoms with Crippen molar-refractivity contribution in [1.29, 1.82) is 0 Å². The number of quaternary nitrogens is 1. The Hall–Kier alpha value is -1.22. The van der Waals surface area contributed by atoms with E-state index in [9.17, 15) is 5.11 Å². The maximum atomic E-state index is 9.36. The van der Waals surface area contributed by atoms with Gasteiger partial charge in [-0.05, 0) is 43.0 Å². The third kappa shape index (κ3) is 4.53. The maximum absolute atomic E-state index is 9.36. The quantitative estimate of drug-likeness (QED) is 0.347. The third-order valence-electron chi connectivity index (χ3n) is 2.65. The Morgan fingerprint density at radius 2 is 1.88 bits per heavy atom. The number of benzene rings is 1. The predicted molar refractivity (Wildman–Crippen MR) is 68.4 cm³/mol. The summed E-state index contributed by atoms with van der Waals surface area (Å²) in [5.74, 6) is 0.302. The molecule has 0 atom stereocenters. The van der Waals surface area contributed by atoms with Gasteiger partial charge in [0.15, 0.2) is 0 Å². The van der Waals surface area contributed by atoms with E-state index in [1.165, 1.54) is 13.0 Å². The van der Waals surface area contributed by atoms with E-state index >= 15 is 0 Å². The number of nitrogens with zero attached hydrogens (tertiary/aromatic N) is 1. The van der Waals surface area contributed by atoms with Crippen molar-refractivity contribution in [2.75, 3.05) is 33.4 Å². The second-order valence-corrected chi connectivity index (χ2v) is 5.35. The summed E-state index contributed by atoms with van der Waals surface area (Å²) in [5.41, 5.74) is 7.68. The number of nitrogens with two attached hydrogens (primary N) is 1. The molecule has 3 N–H and O–H groups in total. The van der Waals surface area contributed by atoms with Crippen LogP contribution in [0.5, 0.6) is 5.75 Å². The van der Waals surface area contributed by atoms with Crippen molar-refractivity contribution in [1.82, 2.24) is 0 Å². The first-order valence-electron chi connectivity index (χ1n) is 5.76. The molecule has 0 spiro atoms. The highest BCUT2D eigenvalue weighted by molar-refractivity contribution is 5.50. The van der Waals surface area contributed by atoms with Crippen LogP contribution < -0.4 is 5.73 Å². The number of phenolic OH excluding ortho intramolecular Hbond substituents is 1. The van der Waals surface area contributed by atoms with Gasteiger partial charge in [0.25, 0.3) is 0 Å². The topological polar surface area (TPSA) is 46.2 Å². The molecule has 0 heterocycles. The Bertz CT molecular complexity index is 342. The first-order chi connectivity index (χ1) is 7.38. The van der Waals surface area contributed by atoms with E-state index in [0.717, 1.165) is 28.6 Å². The molecule has 3 heteroatoms. The van der Waals surface area contributed by atoms with Gasteiger partial charge in [0.2, 0.25) is 0 Å². The monoisotopic (exact) mass is 223 g/mol. The van der Waals surface area contributed by atoms with Gasteiger partial charge >= 0.3 is 0 Å². The second kappa shape index (κ2) is 5.21. The number of anilines is 1. The first-order valence-corrected chi connectivity index (χ1v) is 5.76. The predicted octanol–water partition coefficient (Wildman–Crippen LogP) is 2.00. The maximum Gasteiger partial charge on any atom is 0.116 e. The average molecular weight is 223 g/mol. The summed E-state index contributed by atoms with van der Waals surface area (Å²) >= 11 is 0. The van der Waals surface area contributed by atoms with Crippen LogP contribution in [0.1, 0.15) is 18.4 Å². The van der Waals surface area contributed by atoms with Crippen LogP contribution in [0.15, 0.2) is 18.2 Å². The molecule has 1 rings (SSSR count). The molecule has 0 fully saturated rings. The van der Waals surface area contributed by atoms with E-state index in [-0.39, 0.29) is 0 Å². The molecular formula is C13H23N2O+. The van der Waals surface area contributed by atoms with Gasteiger partial charge in [0.1, 0.15) is 5.75 Å².